The van der Waals surface area contributed by atoms with E-state index in [-0.39, 0.29) is 11.9 Å². The Balaban J connectivity index is 2.32. The van der Waals surface area contributed by atoms with Crippen LogP contribution in [0.4, 0.5) is 0 Å². The van der Waals surface area contributed by atoms with Crippen LogP contribution in [0.25, 0.3) is 0 Å². The van der Waals surface area contributed by atoms with Gasteiger partial charge in [-0.1, -0.05) is 13.8 Å². The first-order valence-electron chi connectivity index (χ1n) is 5.87. The van der Waals surface area contributed by atoms with E-state index < -0.39 is 0 Å². The number of hydrogen-bond acceptors (Lipinski definition) is 3. The minimum atomic E-state index is -0.116. The number of carbonyl (C=O) groups is 1. The Morgan fingerprint density at radius 2 is 2.29 bits per heavy atom. The molecule has 4 nitrogen and oxygen atoms in total. The Morgan fingerprint density at radius 3 is 2.88 bits per heavy atom. The summed E-state index contributed by atoms with van der Waals surface area (Å²) in [5.74, 6) is 1.25. The SMILES string of the molecule is COC(=O)C1CCc2c(Br)nc(C(C)C)n2C1. The van der Waals surface area contributed by atoms with E-state index in [1.54, 1.807) is 0 Å². The molecule has 17 heavy (non-hydrogen) atoms. The molecule has 0 bridgehead atoms. The fourth-order valence-electron chi connectivity index (χ4n) is 2.34. The van der Waals surface area contributed by atoms with Crippen LogP contribution in [0.5, 0.6) is 0 Å². The van der Waals surface area contributed by atoms with Crippen LogP contribution in [0, 0.1) is 5.92 Å². The molecule has 0 spiro atoms. The molecule has 1 aliphatic heterocycles. The van der Waals surface area contributed by atoms with E-state index >= 15 is 0 Å². The molecule has 0 saturated heterocycles. The molecule has 0 N–H and O–H groups in total. The van der Waals surface area contributed by atoms with Crippen LogP contribution >= 0.6 is 15.9 Å². The number of halogens is 1. The lowest BCUT2D eigenvalue weighted by Crippen LogP contribution is -2.28. The summed E-state index contributed by atoms with van der Waals surface area (Å²) in [4.78, 5) is 16.1. The van der Waals surface area contributed by atoms with Crippen LogP contribution in [0.15, 0.2) is 4.60 Å². The molecule has 0 amide bonds. The van der Waals surface area contributed by atoms with Crippen molar-refractivity contribution in [3.8, 4) is 0 Å². The van der Waals surface area contributed by atoms with Gasteiger partial charge in [-0.15, -0.1) is 0 Å². The molecular formula is C12H17BrN2O2. The normalized spacial score (nSPS) is 19.2. The number of aromatic nitrogens is 2. The van der Waals surface area contributed by atoms with Crippen LogP contribution in [-0.2, 0) is 22.5 Å². The number of imidazole rings is 1. The number of ether oxygens (including phenoxy) is 1. The number of hydrogen-bond donors (Lipinski definition) is 0. The van der Waals surface area contributed by atoms with Crippen LogP contribution in [0.1, 0.15) is 37.7 Å². The van der Waals surface area contributed by atoms with Crippen molar-refractivity contribution in [3.05, 3.63) is 16.1 Å². The van der Waals surface area contributed by atoms with Crippen molar-refractivity contribution < 1.29 is 9.53 Å². The summed E-state index contributed by atoms with van der Waals surface area (Å²) in [5.41, 5.74) is 1.20. The Hall–Kier alpha value is -0.840. The lowest BCUT2D eigenvalue weighted by atomic mass is 9.98. The second kappa shape index (κ2) is 4.80. The number of esters is 1. The molecule has 2 rings (SSSR count). The van der Waals surface area contributed by atoms with Crippen molar-refractivity contribution >= 4 is 21.9 Å². The number of carbonyl (C=O) groups excluding carboxylic acids is 1. The number of methoxy groups -OCH3 is 1. The average Bonchev–Trinajstić information content (AvgIpc) is 2.65. The summed E-state index contributed by atoms with van der Waals surface area (Å²) in [6.07, 6.45) is 1.72. The molecule has 1 unspecified atom stereocenters. The van der Waals surface area contributed by atoms with Gasteiger partial charge in [-0.2, -0.15) is 0 Å². The minimum Gasteiger partial charge on any atom is -0.469 e. The Labute approximate surface area is 109 Å². The van der Waals surface area contributed by atoms with Gasteiger partial charge in [0.1, 0.15) is 10.4 Å². The van der Waals surface area contributed by atoms with E-state index in [1.165, 1.54) is 12.8 Å². The van der Waals surface area contributed by atoms with Gasteiger partial charge in [0.05, 0.1) is 18.7 Å². The van der Waals surface area contributed by atoms with Gasteiger partial charge in [0, 0.05) is 12.5 Å². The van der Waals surface area contributed by atoms with E-state index in [2.05, 4.69) is 39.3 Å². The van der Waals surface area contributed by atoms with Gasteiger partial charge in [-0.05, 0) is 28.8 Å². The van der Waals surface area contributed by atoms with Crippen LogP contribution in [0.3, 0.4) is 0 Å². The molecule has 0 aromatic carbocycles. The van der Waals surface area contributed by atoms with Crippen molar-refractivity contribution in [3.63, 3.8) is 0 Å². The zero-order chi connectivity index (χ0) is 12.6. The van der Waals surface area contributed by atoms with E-state index in [4.69, 9.17) is 4.74 Å². The highest BCUT2D eigenvalue weighted by Gasteiger charge is 2.29. The maximum absolute atomic E-state index is 11.6. The Bertz CT molecular complexity index is 440. The van der Waals surface area contributed by atoms with Gasteiger partial charge in [-0.3, -0.25) is 4.79 Å². The molecular weight excluding hydrogens is 284 g/mol. The first kappa shape index (κ1) is 12.6. The van der Waals surface area contributed by atoms with E-state index in [1.807, 2.05) is 0 Å². The number of fused-ring (bicyclic) bond motifs is 1. The first-order valence-corrected chi connectivity index (χ1v) is 6.66. The Kier molecular flexibility index (Phi) is 3.56. The molecule has 1 aromatic rings. The minimum absolute atomic E-state index is 0.0360. The smallest absolute Gasteiger partial charge is 0.310 e. The number of rotatable bonds is 2. The van der Waals surface area contributed by atoms with Crippen molar-refractivity contribution in [2.45, 2.75) is 39.2 Å². The predicted octanol–water partition coefficient (Wildman–Crippen LogP) is 2.50. The van der Waals surface area contributed by atoms with E-state index in [0.29, 0.717) is 12.5 Å². The maximum atomic E-state index is 11.6. The second-order valence-electron chi connectivity index (χ2n) is 4.73. The second-order valence-corrected chi connectivity index (χ2v) is 5.48. The summed E-state index contributed by atoms with van der Waals surface area (Å²) in [7, 11) is 1.45. The van der Waals surface area contributed by atoms with E-state index in [9.17, 15) is 4.79 Å². The van der Waals surface area contributed by atoms with Gasteiger partial charge in [0.2, 0.25) is 0 Å². The monoisotopic (exact) mass is 300 g/mol. The van der Waals surface area contributed by atoms with Crippen molar-refractivity contribution in [2.75, 3.05) is 7.11 Å². The molecule has 0 fully saturated rings. The highest BCUT2D eigenvalue weighted by molar-refractivity contribution is 9.10. The van der Waals surface area contributed by atoms with Crippen molar-refractivity contribution in [2.24, 2.45) is 5.92 Å². The fourth-order valence-corrected chi connectivity index (χ4v) is 2.93. The van der Waals surface area contributed by atoms with Crippen molar-refractivity contribution in [1.29, 1.82) is 0 Å². The van der Waals surface area contributed by atoms with E-state index in [0.717, 1.165) is 23.3 Å². The lowest BCUT2D eigenvalue weighted by Gasteiger charge is -2.24. The molecule has 0 aliphatic carbocycles. The van der Waals surface area contributed by atoms with Crippen molar-refractivity contribution in [1.82, 2.24) is 9.55 Å². The summed E-state index contributed by atoms with van der Waals surface area (Å²) in [5, 5.41) is 0. The highest BCUT2D eigenvalue weighted by atomic mass is 79.9. The summed E-state index contributed by atoms with van der Waals surface area (Å²) < 4.78 is 7.91. The van der Waals surface area contributed by atoms with Gasteiger partial charge in [0.15, 0.2) is 0 Å². The molecule has 1 aromatic heterocycles. The quantitative estimate of drug-likeness (QED) is 0.788. The first-order chi connectivity index (χ1) is 8.04. The van der Waals surface area contributed by atoms with Gasteiger partial charge < -0.3 is 9.30 Å². The predicted molar refractivity (Wildman–Crippen MR) is 67.8 cm³/mol. The number of nitrogens with zero attached hydrogens (tertiary/aromatic N) is 2. The third kappa shape index (κ3) is 2.25. The van der Waals surface area contributed by atoms with Crippen LogP contribution in [0.2, 0.25) is 0 Å². The molecule has 5 heteroatoms. The fraction of sp³-hybridized carbons (Fsp3) is 0.667. The summed E-state index contributed by atoms with van der Waals surface area (Å²) >= 11 is 3.50. The highest BCUT2D eigenvalue weighted by Crippen LogP contribution is 2.30. The van der Waals surface area contributed by atoms with Crippen LogP contribution < -0.4 is 0 Å². The largest absolute Gasteiger partial charge is 0.469 e. The van der Waals surface area contributed by atoms with Gasteiger partial charge >= 0.3 is 5.97 Å². The van der Waals surface area contributed by atoms with Gasteiger partial charge in [0.25, 0.3) is 0 Å². The molecule has 1 aliphatic rings. The third-order valence-electron chi connectivity index (χ3n) is 3.24. The molecule has 0 radical (unpaired) electrons. The van der Waals surface area contributed by atoms with Crippen LogP contribution in [-0.4, -0.2) is 22.6 Å². The molecule has 94 valence electrons. The van der Waals surface area contributed by atoms with Gasteiger partial charge in [-0.25, -0.2) is 4.98 Å². The Morgan fingerprint density at radius 1 is 1.59 bits per heavy atom. The topological polar surface area (TPSA) is 44.1 Å². The standard InChI is InChI=1S/C12H17BrN2O2/c1-7(2)11-14-10(13)9-5-4-8(6-15(9)11)12(16)17-3/h7-8H,4-6H2,1-3H3. The maximum Gasteiger partial charge on any atom is 0.310 e. The third-order valence-corrected chi connectivity index (χ3v) is 3.87. The summed E-state index contributed by atoms with van der Waals surface area (Å²) in [6, 6.07) is 0. The molecule has 1 atom stereocenters. The molecule has 0 saturated carbocycles. The zero-order valence-corrected chi connectivity index (χ0v) is 12.0. The average molecular weight is 301 g/mol. The lowest BCUT2D eigenvalue weighted by molar-refractivity contribution is -0.146. The zero-order valence-electron chi connectivity index (χ0n) is 10.4. The summed E-state index contributed by atoms with van der Waals surface area (Å²) in [6.45, 7) is 4.92. The molecule has 2 heterocycles.